The van der Waals surface area contributed by atoms with Crippen LogP contribution >= 0.6 is 0 Å². The Hall–Kier alpha value is -1.65. The van der Waals surface area contributed by atoms with Crippen LogP contribution in [0.4, 0.5) is 0 Å². The molecule has 2 heterocycles. The predicted molar refractivity (Wildman–Crippen MR) is 81.7 cm³/mol. The van der Waals surface area contributed by atoms with Crippen molar-refractivity contribution in [1.82, 2.24) is 9.88 Å². The van der Waals surface area contributed by atoms with Gasteiger partial charge in [-0.15, -0.1) is 0 Å². The molecule has 1 aliphatic heterocycles. The molecule has 1 aromatic heterocycles. The van der Waals surface area contributed by atoms with E-state index in [1.807, 2.05) is 44.2 Å². The lowest BCUT2D eigenvalue weighted by Crippen LogP contribution is -2.45. The summed E-state index contributed by atoms with van der Waals surface area (Å²) >= 11 is 0. The van der Waals surface area contributed by atoms with Crippen LogP contribution in [0.25, 0.3) is 11.3 Å². The summed E-state index contributed by atoms with van der Waals surface area (Å²) < 4.78 is 5.86. The molecule has 112 valence electrons. The molecule has 1 aliphatic rings. The van der Waals surface area contributed by atoms with Gasteiger partial charge >= 0.3 is 0 Å². The van der Waals surface area contributed by atoms with Crippen LogP contribution in [0.2, 0.25) is 0 Å². The van der Waals surface area contributed by atoms with Gasteiger partial charge in [-0.05, 0) is 33.2 Å². The molecule has 4 heteroatoms. The summed E-state index contributed by atoms with van der Waals surface area (Å²) in [6.45, 7) is 5.39. The number of rotatable bonds is 4. The molecule has 1 aromatic carbocycles. The monoisotopic (exact) mass is 286 g/mol. The lowest BCUT2D eigenvalue weighted by Gasteiger charge is -2.33. The molecule has 0 amide bonds. The Labute approximate surface area is 125 Å². The Kier molecular flexibility index (Phi) is 3.83. The van der Waals surface area contributed by atoms with Gasteiger partial charge in [0.05, 0.1) is 18.3 Å². The molecule has 3 rings (SSSR count). The number of benzene rings is 1. The summed E-state index contributed by atoms with van der Waals surface area (Å²) in [6.07, 6.45) is 3.91. The highest BCUT2D eigenvalue weighted by Crippen LogP contribution is 2.29. The van der Waals surface area contributed by atoms with E-state index in [4.69, 9.17) is 4.42 Å². The van der Waals surface area contributed by atoms with Crippen molar-refractivity contribution in [2.24, 2.45) is 0 Å². The van der Waals surface area contributed by atoms with E-state index >= 15 is 0 Å². The van der Waals surface area contributed by atoms with Gasteiger partial charge in [-0.2, -0.15) is 0 Å². The van der Waals surface area contributed by atoms with Crippen molar-refractivity contribution in [3.05, 3.63) is 42.4 Å². The fourth-order valence-electron chi connectivity index (χ4n) is 3.11. The van der Waals surface area contributed by atoms with Gasteiger partial charge in [0.25, 0.3) is 0 Å². The van der Waals surface area contributed by atoms with E-state index in [1.54, 1.807) is 6.20 Å². The average Bonchev–Trinajstić information content (AvgIpc) is 3.09. The van der Waals surface area contributed by atoms with Crippen LogP contribution in [0, 0.1) is 0 Å². The van der Waals surface area contributed by atoms with Crippen LogP contribution in [0.5, 0.6) is 0 Å². The second-order valence-corrected chi connectivity index (χ2v) is 6.27. The second kappa shape index (κ2) is 5.62. The van der Waals surface area contributed by atoms with E-state index in [0.29, 0.717) is 12.4 Å². The highest BCUT2D eigenvalue weighted by atomic mass is 16.4. The Balaban J connectivity index is 1.73. The van der Waals surface area contributed by atoms with Crippen molar-refractivity contribution in [2.75, 3.05) is 6.54 Å². The lowest BCUT2D eigenvalue weighted by atomic mass is 9.97. The zero-order chi connectivity index (χ0) is 14.9. The van der Waals surface area contributed by atoms with Crippen LogP contribution in [-0.4, -0.2) is 33.2 Å². The summed E-state index contributed by atoms with van der Waals surface area (Å²) in [6, 6.07) is 10.2. The van der Waals surface area contributed by atoms with E-state index in [-0.39, 0.29) is 6.04 Å². The van der Waals surface area contributed by atoms with Gasteiger partial charge in [-0.1, -0.05) is 30.3 Å². The molecule has 1 unspecified atom stereocenters. The zero-order valence-electron chi connectivity index (χ0n) is 12.6. The van der Waals surface area contributed by atoms with Gasteiger partial charge < -0.3 is 9.52 Å². The first kappa shape index (κ1) is 14.3. The van der Waals surface area contributed by atoms with Crippen molar-refractivity contribution in [3.8, 4) is 11.3 Å². The van der Waals surface area contributed by atoms with Crippen molar-refractivity contribution >= 4 is 0 Å². The topological polar surface area (TPSA) is 49.5 Å². The van der Waals surface area contributed by atoms with Crippen LogP contribution in [0.1, 0.15) is 32.6 Å². The molecule has 2 aromatic rings. The maximum Gasteiger partial charge on any atom is 0.209 e. The summed E-state index contributed by atoms with van der Waals surface area (Å²) in [5.74, 6) is 1.51. The van der Waals surface area contributed by atoms with Crippen molar-refractivity contribution in [2.45, 2.75) is 44.9 Å². The third kappa shape index (κ3) is 3.17. The molecule has 4 nitrogen and oxygen atoms in total. The van der Waals surface area contributed by atoms with Crippen LogP contribution < -0.4 is 0 Å². The molecule has 0 bridgehead atoms. The molecule has 1 saturated heterocycles. The number of hydrogen-bond acceptors (Lipinski definition) is 4. The summed E-state index contributed by atoms with van der Waals surface area (Å²) in [5.41, 5.74) is 0.349. The predicted octanol–water partition coefficient (Wildman–Crippen LogP) is 3.08. The van der Waals surface area contributed by atoms with Gasteiger partial charge in [-0.25, -0.2) is 4.98 Å². The third-order valence-corrected chi connectivity index (χ3v) is 4.13. The van der Waals surface area contributed by atoms with Crippen molar-refractivity contribution in [1.29, 1.82) is 0 Å². The quantitative estimate of drug-likeness (QED) is 0.938. The Morgan fingerprint density at radius 2 is 2.10 bits per heavy atom. The van der Waals surface area contributed by atoms with E-state index in [2.05, 4.69) is 9.88 Å². The molecular weight excluding hydrogens is 264 g/mol. The third-order valence-electron chi connectivity index (χ3n) is 4.13. The largest absolute Gasteiger partial charge is 0.439 e. The first-order valence-electron chi connectivity index (χ1n) is 7.50. The lowest BCUT2D eigenvalue weighted by molar-refractivity contribution is -0.00721. The fourth-order valence-corrected chi connectivity index (χ4v) is 3.11. The smallest absolute Gasteiger partial charge is 0.209 e. The van der Waals surface area contributed by atoms with Crippen LogP contribution in [0.3, 0.4) is 0 Å². The summed E-state index contributed by atoms with van der Waals surface area (Å²) in [4.78, 5) is 6.65. The minimum absolute atomic E-state index is 0.171. The van der Waals surface area contributed by atoms with Gasteiger partial charge in [0.2, 0.25) is 5.89 Å². The fraction of sp³-hybridized carbons (Fsp3) is 0.471. The molecule has 0 aliphatic carbocycles. The van der Waals surface area contributed by atoms with Gasteiger partial charge in [0.1, 0.15) is 0 Å². The SMILES string of the molecule is CC(C)(O)C1CCCN1Cc1ncc(-c2ccccc2)o1. The Morgan fingerprint density at radius 3 is 2.81 bits per heavy atom. The molecule has 21 heavy (non-hydrogen) atoms. The Morgan fingerprint density at radius 1 is 1.33 bits per heavy atom. The molecule has 1 atom stereocenters. The molecule has 1 N–H and O–H groups in total. The van der Waals surface area contributed by atoms with E-state index in [9.17, 15) is 5.11 Å². The number of aromatic nitrogens is 1. The Bertz CT molecular complexity index is 586. The molecule has 1 fully saturated rings. The molecular formula is C17H22N2O2. The summed E-state index contributed by atoms with van der Waals surface area (Å²) in [5, 5.41) is 10.3. The van der Waals surface area contributed by atoms with Gasteiger partial charge in [-0.3, -0.25) is 4.90 Å². The van der Waals surface area contributed by atoms with Crippen molar-refractivity contribution in [3.63, 3.8) is 0 Å². The maximum absolute atomic E-state index is 10.3. The molecule has 0 spiro atoms. The number of aliphatic hydroxyl groups is 1. The standard InChI is InChI=1S/C17H22N2O2/c1-17(2,20)15-9-6-10-19(15)12-16-18-11-14(21-16)13-7-4-3-5-8-13/h3-5,7-8,11,15,20H,6,9-10,12H2,1-2H3. The first-order chi connectivity index (χ1) is 10.0. The maximum atomic E-state index is 10.3. The summed E-state index contributed by atoms with van der Waals surface area (Å²) in [7, 11) is 0. The second-order valence-electron chi connectivity index (χ2n) is 6.27. The zero-order valence-corrected chi connectivity index (χ0v) is 12.6. The first-order valence-corrected chi connectivity index (χ1v) is 7.50. The minimum Gasteiger partial charge on any atom is -0.439 e. The number of oxazole rings is 1. The van der Waals surface area contributed by atoms with E-state index in [0.717, 1.165) is 30.7 Å². The molecule has 0 radical (unpaired) electrons. The normalized spacial score (nSPS) is 20.0. The highest BCUT2D eigenvalue weighted by Gasteiger charge is 2.36. The van der Waals surface area contributed by atoms with Crippen molar-refractivity contribution < 1.29 is 9.52 Å². The number of hydrogen-bond donors (Lipinski definition) is 1. The molecule has 0 saturated carbocycles. The van der Waals surface area contributed by atoms with Crippen LogP contribution in [-0.2, 0) is 6.54 Å². The average molecular weight is 286 g/mol. The van der Waals surface area contributed by atoms with Gasteiger partial charge in [0, 0.05) is 11.6 Å². The highest BCUT2D eigenvalue weighted by molar-refractivity contribution is 5.55. The van der Waals surface area contributed by atoms with Gasteiger partial charge in [0.15, 0.2) is 5.76 Å². The van der Waals surface area contributed by atoms with E-state index < -0.39 is 5.60 Å². The number of likely N-dealkylation sites (tertiary alicyclic amines) is 1. The minimum atomic E-state index is -0.689. The number of nitrogens with zero attached hydrogens (tertiary/aromatic N) is 2. The van der Waals surface area contributed by atoms with E-state index in [1.165, 1.54) is 0 Å². The van der Waals surface area contributed by atoms with Crippen LogP contribution in [0.15, 0.2) is 40.9 Å².